The van der Waals surface area contributed by atoms with Gasteiger partial charge in [0.05, 0.1) is 5.69 Å². The Labute approximate surface area is 122 Å². The van der Waals surface area contributed by atoms with Crippen LogP contribution in [-0.2, 0) is 6.61 Å². The molecule has 0 unspecified atom stereocenters. The fraction of sp³-hybridized carbons (Fsp3) is 0.125. The minimum Gasteiger partial charge on any atom is -0.485 e. The number of hydrazine groups is 1. The molecule has 0 aliphatic carbocycles. The lowest BCUT2D eigenvalue weighted by Gasteiger charge is -2.09. The maximum atomic E-state index is 5.87. The van der Waals surface area contributed by atoms with Gasteiger partial charge >= 0.3 is 0 Å². The van der Waals surface area contributed by atoms with Gasteiger partial charge in [-0.05, 0) is 31.2 Å². The number of nitrogens with zero attached hydrogens (tertiary/aromatic N) is 2. The highest BCUT2D eigenvalue weighted by Crippen LogP contribution is 2.24. The van der Waals surface area contributed by atoms with Gasteiger partial charge in [0, 0.05) is 11.1 Å². The molecule has 2 heterocycles. The summed E-state index contributed by atoms with van der Waals surface area (Å²) in [5.74, 6) is 6.72. The van der Waals surface area contributed by atoms with Gasteiger partial charge in [-0.25, -0.2) is 15.8 Å². The van der Waals surface area contributed by atoms with E-state index in [-0.39, 0.29) is 0 Å². The number of benzene rings is 1. The van der Waals surface area contributed by atoms with E-state index in [0.717, 1.165) is 28.0 Å². The Hall–Kier alpha value is -2.66. The zero-order valence-electron chi connectivity index (χ0n) is 11.7. The predicted octanol–water partition coefficient (Wildman–Crippen LogP) is 2.80. The van der Waals surface area contributed by atoms with Gasteiger partial charge < -0.3 is 10.2 Å². The lowest BCUT2D eigenvalue weighted by molar-refractivity contribution is 0.304. The average molecular weight is 280 g/mol. The predicted molar refractivity (Wildman–Crippen MR) is 82.9 cm³/mol. The molecule has 0 radical (unpaired) electrons. The number of pyridine rings is 2. The third-order valence-corrected chi connectivity index (χ3v) is 3.15. The summed E-state index contributed by atoms with van der Waals surface area (Å²) < 4.78 is 5.87. The zero-order valence-corrected chi connectivity index (χ0v) is 11.7. The molecule has 1 aromatic carbocycles. The van der Waals surface area contributed by atoms with Crippen molar-refractivity contribution in [2.45, 2.75) is 13.5 Å². The molecule has 0 saturated carbocycles. The molecule has 3 aromatic rings. The molecule has 5 nitrogen and oxygen atoms in total. The van der Waals surface area contributed by atoms with Gasteiger partial charge in [0.25, 0.3) is 0 Å². The monoisotopic (exact) mass is 280 g/mol. The number of aryl methyl sites for hydroxylation is 1. The molecule has 3 rings (SSSR count). The van der Waals surface area contributed by atoms with Crippen molar-refractivity contribution in [1.82, 2.24) is 9.97 Å². The quantitative estimate of drug-likeness (QED) is 0.568. The van der Waals surface area contributed by atoms with Crippen LogP contribution >= 0.6 is 0 Å². The maximum absolute atomic E-state index is 5.87. The Morgan fingerprint density at radius 2 is 1.90 bits per heavy atom. The van der Waals surface area contributed by atoms with Gasteiger partial charge in [0.15, 0.2) is 0 Å². The van der Waals surface area contributed by atoms with E-state index in [0.29, 0.717) is 12.4 Å². The molecule has 0 saturated heterocycles. The zero-order chi connectivity index (χ0) is 14.7. The van der Waals surface area contributed by atoms with E-state index in [1.165, 1.54) is 0 Å². The van der Waals surface area contributed by atoms with Crippen LogP contribution in [0.4, 0.5) is 5.82 Å². The number of hydrogen-bond donors (Lipinski definition) is 2. The fourth-order valence-electron chi connectivity index (χ4n) is 2.13. The van der Waals surface area contributed by atoms with E-state index in [2.05, 4.69) is 15.4 Å². The van der Waals surface area contributed by atoms with Crippen molar-refractivity contribution in [2.75, 3.05) is 5.43 Å². The molecule has 0 spiro atoms. The highest BCUT2D eigenvalue weighted by atomic mass is 16.5. The molecule has 0 amide bonds. The first kappa shape index (κ1) is 13.3. The summed E-state index contributed by atoms with van der Waals surface area (Å²) >= 11 is 0. The highest BCUT2D eigenvalue weighted by Gasteiger charge is 2.05. The summed E-state index contributed by atoms with van der Waals surface area (Å²) in [5.41, 5.74) is 5.15. The fourth-order valence-corrected chi connectivity index (χ4v) is 2.13. The summed E-state index contributed by atoms with van der Waals surface area (Å²) in [6, 6.07) is 15.5. The van der Waals surface area contributed by atoms with Crippen molar-refractivity contribution in [3.63, 3.8) is 0 Å². The second-order valence-corrected chi connectivity index (χ2v) is 4.73. The van der Waals surface area contributed by atoms with E-state index in [9.17, 15) is 0 Å². The van der Waals surface area contributed by atoms with Crippen LogP contribution in [0.1, 0.15) is 11.4 Å². The molecular weight excluding hydrogens is 264 g/mol. The van der Waals surface area contributed by atoms with Crippen LogP contribution in [0.3, 0.4) is 0 Å². The SMILES string of the molecule is Cc1ccc2cccc(OCc3cccc(NN)n3)c2n1. The smallest absolute Gasteiger partial charge is 0.146 e. The summed E-state index contributed by atoms with van der Waals surface area (Å²) in [4.78, 5) is 8.87. The first-order valence-corrected chi connectivity index (χ1v) is 6.68. The number of rotatable bonds is 4. The number of fused-ring (bicyclic) bond motifs is 1. The van der Waals surface area contributed by atoms with Crippen LogP contribution in [0, 0.1) is 6.92 Å². The van der Waals surface area contributed by atoms with Crippen molar-refractivity contribution in [3.8, 4) is 5.75 Å². The van der Waals surface area contributed by atoms with Gasteiger partial charge in [-0.3, -0.25) is 0 Å². The molecule has 0 bridgehead atoms. The molecule has 21 heavy (non-hydrogen) atoms. The van der Waals surface area contributed by atoms with Crippen molar-refractivity contribution >= 4 is 16.7 Å². The Balaban J connectivity index is 1.86. The van der Waals surface area contributed by atoms with E-state index in [4.69, 9.17) is 10.6 Å². The summed E-state index contributed by atoms with van der Waals surface area (Å²) in [6.45, 7) is 2.33. The molecule has 0 fully saturated rings. The van der Waals surface area contributed by atoms with Crippen molar-refractivity contribution in [2.24, 2.45) is 5.84 Å². The molecular formula is C16H16N4O. The van der Waals surface area contributed by atoms with Crippen LogP contribution in [0.5, 0.6) is 5.75 Å². The molecule has 0 aliphatic heterocycles. The topological polar surface area (TPSA) is 73.1 Å². The number of nitrogen functional groups attached to an aromatic ring is 1. The Bertz CT molecular complexity index is 773. The normalized spacial score (nSPS) is 10.6. The summed E-state index contributed by atoms with van der Waals surface area (Å²) in [7, 11) is 0. The molecule has 106 valence electrons. The molecule has 0 atom stereocenters. The number of anilines is 1. The van der Waals surface area contributed by atoms with Gasteiger partial charge in [-0.15, -0.1) is 0 Å². The minimum absolute atomic E-state index is 0.365. The largest absolute Gasteiger partial charge is 0.485 e. The summed E-state index contributed by atoms with van der Waals surface area (Å²) in [6.07, 6.45) is 0. The second-order valence-electron chi connectivity index (χ2n) is 4.73. The minimum atomic E-state index is 0.365. The Kier molecular flexibility index (Phi) is 3.66. The second kappa shape index (κ2) is 5.76. The van der Waals surface area contributed by atoms with Gasteiger partial charge in [0.2, 0.25) is 0 Å². The Morgan fingerprint density at radius 3 is 2.76 bits per heavy atom. The molecule has 5 heteroatoms. The van der Waals surface area contributed by atoms with E-state index in [1.54, 1.807) is 6.07 Å². The Morgan fingerprint density at radius 1 is 1.05 bits per heavy atom. The summed E-state index contributed by atoms with van der Waals surface area (Å²) in [5, 5.41) is 1.06. The van der Waals surface area contributed by atoms with Gasteiger partial charge in [-0.1, -0.05) is 24.3 Å². The van der Waals surface area contributed by atoms with Crippen LogP contribution in [-0.4, -0.2) is 9.97 Å². The number of ether oxygens (including phenoxy) is 1. The number of aromatic nitrogens is 2. The third-order valence-electron chi connectivity index (χ3n) is 3.15. The molecule has 2 aromatic heterocycles. The lowest BCUT2D eigenvalue weighted by atomic mass is 10.2. The number of para-hydroxylation sites is 1. The molecule has 3 N–H and O–H groups in total. The standard InChI is InChI=1S/C16H16N4O/c1-11-8-9-12-4-2-6-14(16(12)18-11)21-10-13-5-3-7-15(19-13)20-17/h2-9H,10,17H2,1H3,(H,19,20). The van der Waals surface area contributed by atoms with E-state index >= 15 is 0 Å². The van der Waals surface area contributed by atoms with E-state index < -0.39 is 0 Å². The number of nitrogens with two attached hydrogens (primary N) is 1. The van der Waals surface area contributed by atoms with Crippen LogP contribution in [0.2, 0.25) is 0 Å². The maximum Gasteiger partial charge on any atom is 0.146 e. The average Bonchev–Trinajstić information content (AvgIpc) is 2.53. The van der Waals surface area contributed by atoms with Crippen molar-refractivity contribution in [3.05, 3.63) is 59.9 Å². The first-order chi connectivity index (χ1) is 10.3. The first-order valence-electron chi connectivity index (χ1n) is 6.68. The number of hydrogen-bond acceptors (Lipinski definition) is 5. The third kappa shape index (κ3) is 2.93. The van der Waals surface area contributed by atoms with Crippen molar-refractivity contribution < 1.29 is 4.74 Å². The van der Waals surface area contributed by atoms with Crippen LogP contribution < -0.4 is 16.0 Å². The van der Waals surface area contributed by atoms with Crippen molar-refractivity contribution in [1.29, 1.82) is 0 Å². The highest BCUT2D eigenvalue weighted by molar-refractivity contribution is 5.84. The van der Waals surface area contributed by atoms with Gasteiger partial charge in [0.1, 0.15) is 23.7 Å². The van der Waals surface area contributed by atoms with Crippen LogP contribution in [0.15, 0.2) is 48.5 Å². The van der Waals surface area contributed by atoms with Gasteiger partial charge in [-0.2, -0.15) is 0 Å². The van der Waals surface area contributed by atoms with Crippen LogP contribution in [0.25, 0.3) is 10.9 Å². The lowest BCUT2D eigenvalue weighted by Crippen LogP contribution is -2.09. The number of nitrogens with one attached hydrogen (secondary N) is 1. The molecule has 0 aliphatic rings. The van der Waals surface area contributed by atoms with E-state index in [1.807, 2.05) is 49.4 Å².